The largest absolute Gasteiger partial charge is 0.466 e. The Labute approximate surface area is 350 Å². The summed E-state index contributed by atoms with van der Waals surface area (Å²) in [5.41, 5.74) is -0.237. The van der Waals surface area contributed by atoms with Crippen LogP contribution in [0, 0.1) is 11.3 Å². The summed E-state index contributed by atoms with van der Waals surface area (Å²) in [7, 11) is 2.13. The van der Waals surface area contributed by atoms with Crippen molar-refractivity contribution in [2.45, 2.75) is 239 Å². The first-order valence-electron chi connectivity index (χ1n) is 24.1. The molecular formula is C48H91NO8. The van der Waals surface area contributed by atoms with Crippen LogP contribution in [0.5, 0.6) is 0 Å². The molecule has 1 aliphatic heterocycles. The molecule has 9 heteroatoms. The predicted molar refractivity (Wildman–Crippen MR) is 233 cm³/mol. The zero-order chi connectivity index (χ0) is 41.8. The van der Waals surface area contributed by atoms with E-state index in [1.165, 1.54) is 83.5 Å². The third-order valence-corrected chi connectivity index (χ3v) is 12.0. The minimum absolute atomic E-state index is 0.0496. The van der Waals surface area contributed by atoms with E-state index in [9.17, 15) is 19.5 Å². The maximum absolute atomic E-state index is 12.7. The number of carbonyl (C=O) groups excluding carboxylic acids is 3. The van der Waals surface area contributed by atoms with Crippen LogP contribution >= 0.6 is 0 Å². The van der Waals surface area contributed by atoms with Crippen molar-refractivity contribution >= 4 is 17.9 Å². The van der Waals surface area contributed by atoms with Crippen LogP contribution in [0.15, 0.2) is 0 Å². The van der Waals surface area contributed by atoms with E-state index >= 15 is 0 Å². The number of carbonyl (C=O) groups is 3. The number of hydrogen-bond donors (Lipinski definition) is 1. The Bertz CT molecular complexity index is 938. The first kappa shape index (κ1) is 53.3. The van der Waals surface area contributed by atoms with Gasteiger partial charge in [-0.05, 0) is 77.9 Å². The fourth-order valence-corrected chi connectivity index (χ4v) is 7.66. The monoisotopic (exact) mass is 810 g/mol. The summed E-state index contributed by atoms with van der Waals surface area (Å²) in [5.74, 6) is -0.678. The number of likely N-dealkylation sites (tertiary alicyclic amines) is 1. The van der Waals surface area contributed by atoms with E-state index in [0.29, 0.717) is 45.1 Å². The van der Waals surface area contributed by atoms with Crippen molar-refractivity contribution in [1.29, 1.82) is 0 Å². The van der Waals surface area contributed by atoms with Crippen LogP contribution in [0.1, 0.15) is 227 Å². The normalized spacial score (nSPS) is 15.4. The van der Waals surface area contributed by atoms with Gasteiger partial charge in [0, 0.05) is 30.6 Å². The van der Waals surface area contributed by atoms with Gasteiger partial charge in [-0.2, -0.15) is 0 Å². The molecule has 0 amide bonds. The molecule has 0 aromatic carbocycles. The lowest BCUT2D eigenvalue weighted by Gasteiger charge is -2.41. The number of esters is 3. The van der Waals surface area contributed by atoms with Gasteiger partial charge in [0.2, 0.25) is 0 Å². The van der Waals surface area contributed by atoms with E-state index in [0.717, 1.165) is 90.1 Å². The summed E-state index contributed by atoms with van der Waals surface area (Å²) in [6.45, 7) is 11.5. The third-order valence-electron chi connectivity index (χ3n) is 12.0. The summed E-state index contributed by atoms with van der Waals surface area (Å²) >= 11 is 0. The third kappa shape index (κ3) is 30.0. The number of unbranched alkanes of at least 4 members (excludes halogenated alkanes) is 18. The Hall–Kier alpha value is -1.71. The van der Waals surface area contributed by atoms with Gasteiger partial charge in [-0.3, -0.25) is 14.4 Å². The Morgan fingerprint density at radius 2 is 0.930 bits per heavy atom. The van der Waals surface area contributed by atoms with Crippen LogP contribution in [0.4, 0.5) is 0 Å². The lowest BCUT2D eigenvalue weighted by atomic mass is 9.79. The molecule has 2 atom stereocenters. The molecule has 1 saturated heterocycles. The van der Waals surface area contributed by atoms with E-state index in [1.54, 1.807) is 0 Å². The minimum Gasteiger partial charge on any atom is -0.466 e. The van der Waals surface area contributed by atoms with Crippen molar-refractivity contribution in [3.63, 3.8) is 0 Å². The molecule has 336 valence electrons. The molecule has 1 rings (SSSR count). The van der Waals surface area contributed by atoms with Crippen LogP contribution in [-0.2, 0) is 33.3 Å². The van der Waals surface area contributed by atoms with E-state index in [2.05, 4.69) is 39.6 Å². The SMILES string of the molecule is CCCCCCCCCCCCC(CCCOC(=O)CCCCC(COC(=O)CCCCCCC)COC(=O)CCCCCCC)OC(O)C1(C)CCN(C)CC1. The van der Waals surface area contributed by atoms with E-state index in [1.807, 2.05) is 0 Å². The molecule has 0 spiro atoms. The summed E-state index contributed by atoms with van der Waals surface area (Å²) in [6, 6.07) is 0. The molecule has 0 aliphatic carbocycles. The number of ether oxygens (including phenoxy) is 4. The van der Waals surface area contributed by atoms with Gasteiger partial charge < -0.3 is 29.0 Å². The molecule has 9 nitrogen and oxygen atoms in total. The molecule has 0 aromatic heterocycles. The van der Waals surface area contributed by atoms with Gasteiger partial charge in [-0.25, -0.2) is 0 Å². The number of hydrogen-bond acceptors (Lipinski definition) is 9. The highest BCUT2D eigenvalue weighted by Crippen LogP contribution is 2.36. The first-order chi connectivity index (χ1) is 27.6. The summed E-state index contributed by atoms with van der Waals surface area (Å²) in [4.78, 5) is 39.8. The Morgan fingerprint density at radius 3 is 1.42 bits per heavy atom. The molecule has 1 aliphatic rings. The van der Waals surface area contributed by atoms with Crippen molar-refractivity contribution in [2.24, 2.45) is 11.3 Å². The van der Waals surface area contributed by atoms with E-state index in [-0.39, 0.29) is 48.6 Å². The predicted octanol–water partition coefficient (Wildman–Crippen LogP) is 12.0. The minimum atomic E-state index is -0.788. The van der Waals surface area contributed by atoms with Gasteiger partial charge in [-0.1, -0.05) is 150 Å². The molecule has 1 heterocycles. The highest BCUT2D eigenvalue weighted by atomic mass is 16.6. The summed E-state index contributed by atoms with van der Waals surface area (Å²) in [5, 5.41) is 11.2. The number of aliphatic hydroxyl groups excluding tert-OH is 1. The lowest BCUT2D eigenvalue weighted by molar-refractivity contribution is -0.210. The van der Waals surface area contributed by atoms with Crippen LogP contribution in [0.3, 0.4) is 0 Å². The Balaban J connectivity index is 2.49. The summed E-state index contributed by atoms with van der Waals surface area (Å²) < 4.78 is 23.2. The molecule has 0 aromatic rings. The fourth-order valence-electron chi connectivity index (χ4n) is 7.66. The topological polar surface area (TPSA) is 112 Å². The van der Waals surface area contributed by atoms with Crippen LogP contribution in [0.25, 0.3) is 0 Å². The molecule has 1 fully saturated rings. The second kappa shape index (κ2) is 36.2. The van der Waals surface area contributed by atoms with Gasteiger partial charge in [0.05, 0.1) is 25.9 Å². The second-order valence-electron chi connectivity index (χ2n) is 17.7. The molecule has 2 unspecified atom stereocenters. The van der Waals surface area contributed by atoms with Crippen LogP contribution < -0.4 is 0 Å². The van der Waals surface area contributed by atoms with Gasteiger partial charge in [0.25, 0.3) is 0 Å². The Kier molecular flexibility index (Phi) is 33.8. The van der Waals surface area contributed by atoms with Crippen molar-refractivity contribution in [3.8, 4) is 0 Å². The molecular weight excluding hydrogens is 719 g/mol. The highest BCUT2D eigenvalue weighted by Gasteiger charge is 2.37. The van der Waals surface area contributed by atoms with Crippen molar-refractivity contribution in [1.82, 2.24) is 4.90 Å². The molecule has 1 N–H and O–H groups in total. The van der Waals surface area contributed by atoms with E-state index in [4.69, 9.17) is 18.9 Å². The average molecular weight is 810 g/mol. The zero-order valence-electron chi connectivity index (χ0n) is 37.9. The van der Waals surface area contributed by atoms with E-state index < -0.39 is 6.29 Å². The molecule has 57 heavy (non-hydrogen) atoms. The fraction of sp³-hybridized carbons (Fsp3) is 0.938. The van der Waals surface area contributed by atoms with Crippen molar-refractivity contribution in [3.05, 3.63) is 0 Å². The number of aliphatic hydroxyl groups is 1. The van der Waals surface area contributed by atoms with Gasteiger partial charge >= 0.3 is 17.9 Å². The van der Waals surface area contributed by atoms with Gasteiger partial charge in [0.1, 0.15) is 0 Å². The highest BCUT2D eigenvalue weighted by molar-refractivity contribution is 5.70. The first-order valence-corrected chi connectivity index (χ1v) is 24.1. The lowest BCUT2D eigenvalue weighted by Crippen LogP contribution is -2.45. The molecule has 0 bridgehead atoms. The van der Waals surface area contributed by atoms with Gasteiger partial charge in [-0.15, -0.1) is 0 Å². The smallest absolute Gasteiger partial charge is 0.305 e. The number of nitrogens with zero attached hydrogens (tertiary/aromatic N) is 1. The Morgan fingerprint density at radius 1 is 0.544 bits per heavy atom. The maximum atomic E-state index is 12.7. The van der Waals surface area contributed by atoms with Crippen LogP contribution in [-0.4, -0.2) is 80.3 Å². The van der Waals surface area contributed by atoms with Crippen molar-refractivity contribution < 1.29 is 38.4 Å². The number of piperidine rings is 1. The quantitative estimate of drug-likeness (QED) is 0.0281. The standard InChI is InChI=1S/C48H91NO8/c1-6-9-12-15-16-17-18-19-22-23-30-43(57-47(53)48(4)35-37-49(5)38-36-48)31-28-39-54-44(50)34-27-26-29-42(40-55-45(51)32-24-20-13-10-7-2)41-56-46(52)33-25-21-14-11-8-3/h42-43,47,53H,6-41H2,1-5H3. The second-order valence-corrected chi connectivity index (χ2v) is 17.7. The zero-order valence-corrected chi connectivity index (χ0v) is 37.9. The van der Waals surface area contributed by atoms with Crippen LogP contribution in [0.2, 0.25) is 0 Å². The molecule has 0 radical (unpaired) electrons. The average Bonchev–Trinajstić information content (AvgIpc) is 3.20. The van der Waals surface area contributed by atoms with Crippen molar-refractivity contribution in [2.75, 3.05) is 40.0 Å². The molecule has 0 saturated carbocycles. The summed E-state index contributed by atoms with van der Waals surface area (Å²) in [6.07, 6.45) is 30.3. The maximum Gasteiger partial charge on any atom is 0.305 e. The number of rotatable bonds is 39. The van der Waals surface area contributed by atoms with Gasteiger partial charge in [0.15, 0.2) is 6.29 Å².